The molecular weight excluding hydrogens is 274 g/mol. The van der Waals surface area contributed by atoms with Crippen LogP contribution in [-0.2, 0) is 0 Å². The van der Waals surface area contributed by atoms with Gasteiger partial charge in [0.15, 0.2) is 0 Å². The SMILES string of the molecule is Oc1cccc(-c2ccc3c(-c4cccnc4)coc3c2)c1. The number of benzene rings is 2. The van der Waals surface area contributed by atoms with Crippen molar-refractivity contribution < 1.29 is 9.52 Å². The molecule has 1 N–H and O–H groups in total. The quantitative estimate of drug-likeness (QED) is 0.572. The van der Waals surface area contributed by atoms with Gasteiger partial charge in [0, 0.05) is 28.9 Å². The monoisotopic (exact) mass is 287 g/mol. The van der Waals surface area contributed by atoms with Gasteiger partial charge in [0.2, 0.25) is 0 Å². The highest BCUT2D eigenvalue weighted by atomic mass is 16.3. The van der Waals surface area contributed by atoms with E-state index in [1.54, 1.807) is 24.6 Å². The third kappa shape index (κ3) is 2.13. The van der Waals surface area contributed by atoms with Crippen LogP contribution in [0.5, 0.6) is 5.75 Å². The molecule has 0 atom stereocenters. The Labute approximate surface area is 127 Å². The lowest BCUT2D eigenvalue weighted by atomic mass is 10.0. The number of fused-ring (bicyclic) bond motifs is 1. The second-order valence-electron chi connectivity index (χ2n) is 5.15. The zero-order valence-electron chi connectivity index (χ0n) is 11.7. The van der Waals surface area contributed by atoms with Crippen molar-refractivity contribution in [3.05, 3.63) is 73.3 Å². The Balaban J connectivity index is 1.84. The molecule has 0 saturated carbocycles. The fraction of sp³-hybridized carbons (Fsp3) is 0. The highest BCUT2D eigenvalue weighted by Crippen LogP contribution is 2.33. The van der Waals surface area contributed by atoms with Crippen LogP contribution in [0.25, 0.3) is 33.2 Å². The Morgan fingerprint density at radius 3 is 2.55 bits per heavy atom. The predicted molar refractivity (Wildman–Crippen MR) is 86.5 cm³/mol. The van der Waals surface area contributed by atoms with Crippen molar-refractivity contribution in [2.45, 2.75) is 0 Å². The lowest BCUT2D eigenvalue weighted by Crippen LogP contribution is -1.79. The molecule has 0 spiro atoms. The van der Waals surface area contributed by atoms with Gasteiger partial charge in [-0.15, -0.1) is 0 Å². The van der Waals surface area contributed by atoms with Crippen LogP contribution in [-0.4, -0.2) is 10.1 Å². The number of phenolic OH excluding ortho intramolecular Hbond substituents is 1. The normalized spacial score (nSPS) is 10.9. The Morgan fingerprint density at radius 1 is 0.864 bits per heavy atom. The molecule has 0 unspecified atom stereocenters. The average Bonchev–Trinajstić information content (AvgIpc) is 2.99. The van der Waals surface area contributed by atoms with Crippen molar-refractivity contribution in [3.63, 3.8) is 0 Å². The lowest BCUT2D eigenvalue weighted by molar-refractivity contribution is 0.475. The van der Waals surface area contributed by atoms with E-state index in [1.807, 2.05) is 48.7 Å². The van der Waals surface area contributed by atoms with Gasteiger partial charge in [-0.25, -0.2) is 0 Å². The Hall–Kier alpha value is -3.07. The minimum Gasteiger partial charge on any atom is -0.508 e. The van der Waals surface area contributed by atoms with Crippen LogP contribution in [0.3, 0.4) is 0 Å². The number of aromatic nitrogens is 1. The molecule has 0 amide bonds. The minimum absolute atomic E-state index is 0.257. The number of phenols is 1. The fourth-order valence-corrected chi connectivity index (χ4v) is 2.64. The van der Waals surface area contributed by atoms with Crippen molar-refractivity contribution in [3.8, 4) is 28.0 Å². The molecule has 0 saturated heterocycles. The first-order valence-corrected chi connectivity index (χ1v) is 7.02. The van der Waals surface area contributed by atoms with Crippen molar-refractivity contribution >= 4 is 11.0 Å². The second-order valence-corrected chi connectivity index (χ2v) is 5.15. The highest BCUT2D eigenvalue weighted by molar-refractivity contribution is 5.95. The van der Waals surface area contributed by atoms with Crippen LogP contribution in [0.2, 0.25) is 0 Å². The molecule has 2 heterocycles. The zero-order chi connectivity index (χ0) is 14.9. The van der Waals surface area contributed by atoms with Gasteiger partial charge in [0.1, 0.15) is 11.3 Å². The Morgan fingerprint density at radius 2 is 1.73 bits per heavy atom. The van der Waals surface area contributed by atoms with Gasteiger partial charge >= 0.3 is 0 Å². The Bertz CT molecular complexity index is 942. The summed E-state index contributed by atoms with van der Waals surface area (Å²) in [6.45, 7) is 0. The van der Waals surface area contributed by atoms with Crippen molar-refractivity contribution in [1.29, 1.82) is 0 Å². The summed E-state index contributed by atoms with van der Waals surface area (Å²) in [6, 6.07) is 17.2. The summed E-state index contributed by atoms with van der Waals surface area (Å²) in [5, 5.41) is 10.7. The van der Waals surface area contributed by atoms with Gasteiger partial charge in [-0.05, 0) is 41.5 Å². The molecule has 0 fully saturated rings. The van der Waals surface area contributed by atoms with Crippen LogP contribution in [0.15, 0.2) is 77.7 Å². The van der Waals surface area contributed by atoms with Crippen molar-refractivity contribution in [2.24, 2.45) is 0 Å². The molecule has 4 aromatic rings. The maximum Gasteiger partial charge on any atom is 0.135 e. The van der Waals surface area contributed by atoms with Gasteiger partial charge in [-0.2, -0.15) is 0 Å². The summed E-state index contributed by atoms with van der Waals surface area (Å²) in [5.41, 5.74) is 4.85. The third-order valence-electron chi connectivity index (χ3n) is 3.73. The first-order chi connectivity index (χ1) is 10.8. The van der Waals surface area contributed by atoms with E-state index in [0.29, 0.717) is 0 Å². The molecule has 3 nitrogen and oxygen atoms in total. The third-order valence-corrected chi connectivity index (χ3v) is 3.73. The van der Waals surface area contributed by atoms with Crippen LogP contribution in [0, 0.1) is 0 Å². The van der Waals surface area contributed by atoms with Gasteiger partial charge in [-0.3, -0.25) is 4.98 Å². The number of nitrogens with zero attached hydrogens (tertiary/aromatic N) is 1. The predicted octanol–water partition coefficient (Wildman–Crippen LogP) is 4.87. The molecule has 0 aliphatic rings. The number of aromatic hydroxyl groups is 1. The summed E-state index contributed by atoms with van der Waals surface area (Å²) in [6.07, 6.45) is 5.34. The highest BCUT2D eigenvalue weighted by Gasteiger charge is 2.09. The summed E-state index contributed by atoms with van der Waals surface area (Å²) < 4.78 is 5.71. The van der Waals surface area contributed by atoms with E-state index in [1.165, 1.54) is 0 Å². The van der Waals surface area contributed by atoms with Crippen molar-refractivity contribution in [2.75, 3.05) is 0 Å². The van der Waals surface area contributed by atoms with Crippen LogP contribution in [0.1, 0.15) is 0 Å². The zero-order valence-corrected chi connectivity index (χ0v) is 11.7. The molecule has 0 radical (unpaired) electrons. The van der Waals surface area contributed by atoms with Gasteiger partial charge in [-0.1, -0.05) is 24.3 Å². The van der Waals surface area contributed by atoms with Crippen LogP contribution >= 0.6 is 0 Å². The van der Waals surface area contributed by atoms with E-state index in [9.17, 15) is 5.11 Å². The molecule has 0 aliphatic carbocycles. The van der Waals surface area contributed by atoms with Gasteiger partial charge in [0.05, 0.1) is 6.26 Å². The topological polar surface area (TPSA) is 46.3 Å². The summed E-state index contributed by atoms with van der Waals surface area (Å²) in [5.74, 6) is 0.257. The molecule has 0 bridgehead atoms. The molecule has 2 aromatic carbocycles. The smallest absolute Gasteiger partial charge is 0.135 e. The summed E-state index contributed by atoms with van der Waals surface area (Å²) in [7, 11) is 0. The van der Waals surface area contributed by atoms with E-state index in [0.717, 1.165) is 33.2 Å². The van der Waals surface area contributed by atoms with E-state index in [4.69, 9.17) is 4.42 Å². The molecule has 3 heteroatoms. The van der Waals surface area contributed by atoms with Gasteiger partial charge in [0.25, 0.3) is 0 Å². The Kier molecular flexibility index (Phi) is 2.90. The summed E-state index contributed by atoms with van der Waals surface area (Å²) >= 11 is 0. The maximum absolute atomic E-state index is 9.61. The van der Waals surface area contributed by atoms with Crippen LogP contribution in [0.4, 0.5) is 0 Å². The number of hydrogen-bond acceptors (Lipinski definition) is 3. The van der Waals surface area contributed by atoms with E-state index in [2.05, 4.69) is 4.98 Å². The molecule has 2 aromatic heterocycles. The lowest BCUT2D eigenvalue weighted by Gasteiger charge is -2.03. The number of pyridine rings is 1. The average molecular weight is 287 g/mol. The standard InChI is InChI=1S/C19H13NO2/c21-16-5-1-3-13(9-16)14-6-7-17-18(12-22-19(17)10-14)15-4-2-8-20-11-15/h1-12,21H. The molecule has 4 rings (SSSR count). The largest absolute Gasteiger partial charge is 0.508 e. The molecular formula is C19H13NO2. The molecule has 0 aliphatic heterocycles. The number of furan rings is 1. The molecule has 22 heavy (non-hydrogen) atoms. The van der Waals surface area contributed by atoms with E-state index in [-0.39, 0.29) is 5.75 Å². The van der Waals surface area contributed by atoms with Gasteiger partial charge < -0.3 is 9.52 Å². The first kappa shape index (κ1) is 12.7. The second kappa shape index (κ2) is 5.04. The van der Waals surface area contributed by atoms with Crippen molar-refractivity contribution in [1.82, 2.24) is 4.98 Å². The minimum atomic E-state index is 0.257. The van der Waals surface area contributed by atoms with Crippen LogP contribution < -0.4 is 0 Å². The summed E-state index contributed by atoms with van der Waals surface area (Å²) in [4.78, 5) is 4.15. The van der Waals surface area contributed by atoms with E-state index >= 15 is 0 Å². The van der Waals surface area contributed by atoms with E-state index < -0.39 is 0 Å². The fourth-order valence-electron chi connectivity index (χ4n) is 2.64. The first-order valence-electron chi connectivity index (χ1n) is 7.02. The molecule has 106 valence electrons. The number of hydrogen-bond donors (Lipinski definition) is 1. The maximum atomic E-state index is 9.61. The number of rotatable bonds is 2.